The molecule has 3 aromatic carbocycles. The van der Waals surface area contributed by atoms with Crippen LogP contribution >= 0.6 is 0 Å². The van der Waals surface area contributed by atoms with Crippen LogP contribution < -0.4 is 20.8 Å². The lowest BCUT2D eigenvalue weighted by atomic mass is 10.0. The van der Waals surface area contributed by atoms with Crippen LogP contribution in [0.25, 0.3) is 0 Å². The van der Waals surface area contributed by atoms with Crippen LogP contribution in [0.15, 0.2) is 71.7 Å². The highest BCUT2D eigenvalue weighted by atomic mass is 19.1. The Morgan fingerprint density at radius 2 is 1.72 bits per heavy atom. The zero-order valence-electron chi connectivity index (χ0n) is 22.5. The number of hydrogen-bond acceptors (Lipinski definition) is 5. The van der Waals surface area contributed by atoms with E-state index < -0.39 is 75.7 Å². The molecule has 0 spiro atoms. The number of carbonyl (C=O) groups excluding carboxylic acids is 1. The average molecular weight is 596 g/mol. The molecule has 8 nitrogen and oxygen atoms in total. The number of nitrogens with zero attached hydrogens (tertiary/aromatic N) is 1. The molecule has 1 aliphatic rings. The maximum atomic E-state index is 14.5. The van der Waals surface area contributed by atoms with Crippen LogP contribution in [0.5, 0.6) is 5.75 Å². The van der Waals surface area contributed by atoms with Crippen molar-refractivity contribution in [2.24, 2.45) is 0 Å². The van der Waals surface area contributed by atoms with Crippen LogP contribution in [-0.2, 0) is 19.6 Å². The number of hydrogen-bond donors (Lipinski definition) is 3. The molecule has 0 radical (unpaired) electrons. The number of nitrogens with one attached hydrogen (secondary N) is 2. The molecule has 43 heavy (non-hydrogen) atoms. The third-order valence-corrected chi connectivity index (χ3v) is 7.16. The number of amides is 1. The fourth-order valence-corrected chi connectivity index (χ4v) is 4.99. The Morgan fingerprint density at radius 1 is 1.00 bits per heavy atom. The van der Waals surface area contributed by atoms with E-state index in [2.05, 4.69) is 10.6 Å². The van der Waals surface area contributed by atoms with Crippen molar-refractivity contribution in [1.29, 1.82) is 0 Å². The molecule has 0 bridgehead atoms. The summed E-state index contributed by atoms with van der Waals surface area (Å²) >= 11 is 0. The Morgan fingerprint density at radius 3 is 2.42 bits per heavy atom. The van der Waals surface area contributed by atoms with E-state index in [9.17, 15) is 37.1 Å². The molecule has 0 fully saturated rings. The van der Waals surface area contributed by atoms with Gasteiger partial charge in [-0.2, -0.15) is 0 Å². The highest BCUT2D eigenvalue weighted by Crippen LogP contribution is 2.30. The highest BCUT2D eigenvalue weighted by Gasteiger charge is 2.30. The fraction of sp³-hybridized carbons (Fsp3) is 0.194. The summed E-state index contributed by atoms with van der Waals surface area (Å²) < 4.78 is 63.1. The van der Waals surface area contributed by atoms with E-state index in [1.165, 1.54) is 16.7 Å². The molecular formula is C31H25F4N3O5. The molecule has 2 heterocycles. The van der Waals surface area contributed by atoms with Gasteiger partial charge in [-0.3, -0.25) is 9.59 Å². The number of ether oxygens (including phenoxy) is 1. The molecule has 12 heteroatoms. The van der Waals surface area contributed by atoms with E-state index >= 15 is 0 Å². The molecule has 1 aromatic heterocycles. The van der Waals surface area contributed by atoms with Crippen LogP contribution in [0, 0.1) is 23.3 Å². The minimum Gasteiger partial charge on any atom is -0.482 e. The topological polar surface area (TPSA) is 110 Å². The van der Waals surface area contributed by atoms with Crippen molar-refractivity contribution in [3.05, 3.63) is 128 Å². The third kappa shape index (κ3) is 6.22. The number of halogens is 4. The van der Waals surface area contributed by atoms with Crippen molar-refractivity contribution in [2.45, 2.75) is 32.0 Å². The minimum absolute atomic E-state index is 0.116. The van der Waals surface area contributed by atoms with Gasteiger partial charge in [0.1, 0.15) is 35.4 Å². The van der Waals surface area contributed by atoms with Gasteiger partial charge < -0.3 is 25.0 Å². The van der Waals surface area contributed by atoms with Crippen LogP contribution in [0.2, 0.25) is 0 Å². The molecule has 5 rings (SSSR count). The van der Waals surface area contributed by atoms with Crippen molar-refractivity contribution in [3.63, 3.8) is 0 Å². The maximum Gasteiger partial charge on any atom is 0.356 e. The van der Waals surface area contributed by atoms with Gasteiger partial charge in [0.05, 0.1) is 6.04 Å². The van der Waals surface area contributed by atoms with Crippen LogP contribution in [0.1, 0.15) is 50.0 Å². The van der Waals surface area contributed by atoms with Crippen molar-refractivity contribution in [2.75, 3.05) is 11.9 Å². The first-order valence-electron chi connectivity index (χ1n) is 13.3. The van der Waals surface area contributed by atoms with Crippen LogP contribution in [0.3, 0.4) is 0 Å². The SMILES string of the molecule is O=C(NCc1c(F)cc(F)cc1F)c1cn([C@@H]2CCc3c(F)cccc3NC2)c(C(=O)O)c(OCc2ccccc2)c1=O. The average Bonchev–Trinajstić information content (AvgIpc) is 3.20. The summed E-state index contributed by atoms with van der Waals surface area (Å²) in [5, 5.41) is 15.6. The molecule has 0 saturated carbocycles. The molecule has 222 valence electrons. The number of anilines is 1. The van der Waals surface area contributed by atoms with E-state index in [-0.39, 0.29) is 26.0 Å². The number of carboxylic acids is 1. The first-order chi connectivity index (χ1) is 20.6. The summed E-state index contributed by atoms with van der Waals surface area (Å²) in [5.74, 6) is -7.24. The molecule has 4 aromatic rings. The maximum absolute atomic E-state index is 14.5. The standard InChI is InChI=1S/C31H25F4N3O5/c32-18-11-24(34)21(25(35)12-18)14-37-30(40)22-15-38(19-9-10-20-23(33)7-4-8-26(20)36-13-19)27(31(41)42)29(28(22)39)43-16-17-5-2-1-3-6-17/h1-8,11-12,15,19,36H,9-10,13-14,16H2,(H,37,40)(H,41,42)/t19-/m1/s1. The zero-order valence-corrected chi connectivity index (χ0v) is 22.5. The largest absolute Gasteiger partial charge is 0.482 e. The van der Waals surface area contributed by atoms with Crippen molar-refractivity contribution in [1.82, 2.24) is 9.88 Å². The van der Waals surface area contributed by atoms with Gasteiger partial charge in [-0.1, -0.05) is 36.4 Å². The number of carbonyl (C=O) groups is 2. The number of pyridine rings is 1. The summed E-state index contributed by atoms with van der Waals surface area (Å²) in [6.07, 6.45) is 1.50. The first kappa shape index (κ1) is 29.4. The Bertz CT molecular complexity index is 1740. The highest BCUT2D eigenvalue weighted by molar-refractivity contribution is 5.96. The number of carboxylic acid groups (broad SMARTS) is 1. The lowest BCUT2D eigenvalue weighted by Gasteiger charge is -2.24. The van der Waals surface area contributed by atoms with Gasteiger partial charge in [-0.25, -0.2) is 22.4 Å². The molecule has 1 amide bonds. The Hall–Kier alpha value is -5.13. The second-order valence-electron chi connectivity index (χ2n) is 9.91. The van der Waals surface area contributed by atoms with E-state index in [1.54, 1.807) is 36.4 Å². The molecule has 0 aliphatic carbocycles. The van der Waals surface area contributed by atoms with E-state index in [1.807, 2.05) is 0 Å². The van der Waals surface area contributed by atoms with Crippen LogP contribution in [0.4, 0.5) is 23.2 Å². The smallest absolute Gasteiger partial charge is 0.356 e. The molecule has 1 aliphatic heterocycles. The lowest BCUT2D eigenvalue weighted by Crippen LogP contribution is -2.34. The van der Waals surface area contributed by atoms with Crippen molar-refractivity contribution in [3.8, 4) is 5.75 Å². The number of aromatic carboxylic acids is 1. The molecule has 3 N–H and O–H groups in total. The number of fused-ring (bicyclic) bond motifs is 1. The summed E-state index contributed by atoms with van der Waals surface area (Å²) in [5.41, 5.74) is -1.21. The fourth-order valence-electron chi connectivity index (χ4n) is 4.99. The predicted molar refractivity (Wildman–Crippen MR) is 148 cm³/mol. The van der Waals surface area contributed by atoms with E-state index in [0.717, 1.165) is 6.20 Å². The van der Waals surface area contributed by atoms with Gasteiger partial charge in [0, 0.05) is 48.2 Å². The third-order valence-electron chi connectivity index (χ3n) is 7.16. The second kappa shape index (κ2) is 12.4. The summed E-state index contributed by atoms with van der Waals surface area (Å²) in [6, 6.07) is 13.4. The quantitative estimate of drug-likeness (QED) is 0.241. The van der Waals surface area contributed by atoms with Gasteiger partial charge in [0.25, 0.3) is 5.91 Å². The monoisotopic (exact) mass is 595 g/mol. The Kier molecular flexibility index (Phi) is 8.46. The van der Waals surface area contributed by atoms with Crippen molar-refractivity contribution < 1.29 is 37.0 Å². The normalized spacial score (nSPS) is 14.3. The van der Waals surface area contributed by atoms with Crippen molar-refractivity contribution >= 4 is 17.6 Å². The second-order valence-corrected chi connectivity index (χ2v) is 9.91. The lowest BCUT2D eigenvalue weighted by molar-refractivity contribution is 0.0673. The molecule has 0 saturated heterocycles. The molecular weight excluding hydrogens is 570 g/mol. The minimum atomic E-state index is -1.50. The zero-order chi connectivity index (χ0) is 30.7. The van der Waals surface area contributed by atoms with Gasteiger partial charge >= 0.3 is 5.97 Å². The van der Waals surface area contributed by atoms with Gasteiger partial charge in [-0.05, 0) is 30.5 Å². The van der Waals surface area contributed by atoms with Gasteiger partial charge in [0.2, 0.25) is 5.43 Å². The number of aromatic nitrogens is 1. The van der Waals surface area contributed by atoms with Gasteiger partial charge in [-0.15, -0.1) is 0 Å². The number of rotatable bonds is 8. The Labute approximate surface area is 242 Å². The van der Waals surface area contributed by atoms with E-state index in [0.29, 0.717) is 28.9 Å². The first-order valence-corrected chi connectivity index (χ1v) is 13.3. The van der Waals surface area contributed by atoms with Crippen LogP contribution in [-0.4, -0.2) is 28.1 Å². The van der Waals surface area contributed by atoms with E-state index in [4.69, 9.17) is 4.74 Å². The molecule has 0 unspecified atom stereocenters. The number of benzene rings is 3. The summed E-state index contributed by atoms with van der Waals surface area (Å²) in [7, 11) is 0. The predicted octanol–water partition coefficient (Wildman–Crippen LogP) is 5.21. The molecule has 1 atom stereocenters. The summed E-state index contributed by atoms with van der Waals surface area (Å²) in [4.78, 5) is 39.4. The van der Waals surface area contributed by atoms with Gasteiger partial charge in [0.15, 0.2) is 11.4 Å². The summed E-state index contributed by atoms with van der Waals surface area (Å²) in [6.45, 7) is -0.811. The Balaban J connectivity index is 1.55.